The predicted molar refractivity (Wildman–Crippen MR) is 54.2 cm³/mol. The Morgan fingerprint density at radius 2 is 2.33 bits per heavy atom. The molecule has 1 heterocycles. The standard InChI is InChI=1S/C9H15FN4O/c1-7-5-8(13-14(7)2)6-12-9(15)11-4-3-10/h5H,3-4,6H2,1-2H3,(H2,11,12,15). The van der Waals surface area contributed by atoms with Gasteiger partial charge >= 0.3 is 6.03 Å². The number of hydrogen-bond donors (Lipinski definition) is 2. The first kappa shape index (κ1) is 11.5. The van der Waals surface area contributed by atoms with Gasteiger partial charge in [-0.05, 0) is 13.0 Å². The van der Waals surface area contributed by atoms with Crippen molar-refractivity contribution in [2.45, 2.75) is 13.5 Å². The van der Waals surface area contributed by atoms with Gasteiger partial charge < -0.3 is 10.6 Å². The van der Waals surface area contributed by atoms with Crippen LogP contribution in [0.2, 0.25) is 0 Å². The minimum atomic E-state index is -0.559. The number of aromatic nitrogens is 2. The zero-order valence-electron chi connectivity index (χ0n) is 8.88. The van der Waals surface area contributed by atoms with Gasteiger partial charge in [0.1, 0.15) is 6.67 Å². The summed E-state index contributed by atoms with van der Waals surface area (Å²) in [5, 5.41) is 9.11. The van der Waals surface area contributed by atoms with Gasteiger partial charge in [-0.25, -0.2) is 9.18 Å². The zero-order valence-corrected chi connectivity index (χ0v) is 8.88. The third-order valence-corrected chi connectivity index (χ3v) is 1.97. The van der Waals surface area contributed by atoms with E-state index in [4.69, 9.17) is 0 Å². The van der Waals surface area contributed by atoms with Crippen molar-refractivity contribution < 1.29 is 9.18 Å². The molecule has 0 saturated carbocycles. The SMILES string of the molecule is Cc1cc(CNC(=O)NCCF)nn1C. The monoisotopic (exact) mass is 214 g/mol. The summed E-state index contributed by atoms with van der Waals surface area (Å²) < 4.78 is 13.4. The Hall–Kier alpha value is -1.59. The molecule has 0 aliphatic carbocycles. The lowest BCUT2D eigenvalue weighted by molar-refractivity contribution is 0.239. The second-order valence-electron chi connectivity index (χ2n) is 3.20. The van der Waals surface area contributed by atoms with Gasteiger partial charge in [0.2, 0.25) is 0 Å². The number of amides is 2. The topological polar surface area (TPSA) is 59.0 Å². The van der Waals surface area contributed by atoms with Crippen LogP contribution in [-0.4, -0.2) is 29.0 Å². The van der Waals surface area contributed by atoms with E-state index >= 15 is 0 Å². The Morgan fingerprint density at radius 1 is 1.60 bits per heavy atom. The van der Waals surface area contributed by atoms with Gasteiger partial charge in [0.05, 0.1) is 12.2 Å². The summed E-state index contributed by atoms with van der Waals surface area (Å²) in [6.07, 6.45) is 0. The van der Waals surface area contributed by atoms with E-state index in [9.17, 15) is 9.18 Å². The number of aryl methyl sites for hydroxylation is 2. The molecule has 1 aromatic rings. The highest BCUT2D eigenvalue weighted by Gasteiger charge is 2.03. The highest BCUT2D eigenvalue weighted by molar-refractivity contribution is 5.73. The van der Waals surface area contributed by atoms with Crippen LogP contribution in [0.3, 0.4) is 0 Å². The van der Waals surface area contributed by atoms with Crippen molar-refractivity contribution in [1.29, 1.82) is 0 Å². The number of nitrogens with zero attached hydrogens (tertiary/aromatic N) is 2. The van der Waals surface area contributed by atoms with Gasteiger partial charge in [-0.15, -0.1) is 0 Å². The molecule has 0 fully saturated rings. The molecule has 2 amide bonds. The molecule has 1 rings (SSSR count). The molecule has 0 saturated heterocycles. The summed E-state index contributed by atoms with van der Waals surface area (Å²) in [6.45, 7) is 1.75. The molecular formula is C9H15FN4O. The average molecular weight is 214 g/mol. The van der Waals surface area contributed by atoms with E-state index in [1.54, 1.807) is 4.68 Å². The van der Waals surface area contributed by atoms with Crippen LogP contribution in [0.1, 0.15) is 11.4 Å². The fourth-order valence-corrected chi connectivity index (χ4v) is 1.12. The number of rotatable bonds is 4. The smallest absolute Gasteiger partial charge is 0.315 e. The first-order valence-corrected chi connectivity index (χ1v) is 4.70. The van der Waals surface area contributed by atoms with Gasteiger partial charge in [-0.1, -0.05) is 0 Å². The van der Waals surface area contributed by atoms with E-state index in [2.05, 4.69) is 15.7 Å². The van der Waals surface area contributed by atoms with Crippen LogP contribution < -0.4 is 10.6 Å². The summed E-state index contributed by atoms with van der Waals surface area (Å²) in [5.41, 5.74) is 1.81. The van der Waals surface area contributed by atoms with Crippen LogP contribution in [0.15, 0.2) is 6.07 Å². The maximum Gasteiger partial charge on any atom is 0.315 e. The summed E-state index contributed by atoms with van der Waals surface area (Å²) in [5.74, 6) is 0. The number of carbonyl (C=O) groups excluding carboxylic acids is 1. The molecule has 2 N–H and O–H groups in total. The van der Waals surface area contributed by atoms with E-state index in [0.717, 1.165) is 11.4 Å². The number of alkyl halides is 1. The molecule has 84 valence electrons. The molecule has 0 unspecified atom stereocenters. The molecule has 0 spiro atoms. The Labute approximate surface area is 87.7 Å². The Bertz CT molecular complexity index is 317. The number of carbonyl (C=O) groups is 1. The predicted octanol–water partition coefficient (Wildman–Crippen LogP) is 0.497. The molecule has 1 aromatic heterocycles. The van der Waals surface area contributed by atoms with Crippen LogP contribution >= 0.6 is 0 Å². The Balaban J connectivity index is 2.33. The van der Waals surface area contributed by atoms with Crippen molar-refractivity contribution in [3.8, 4) is 0 Å². The lowest BCUT2D eigenvalue weighted by Gasteiger charge is -2.03. The summed E-state index contributed by atoms with van der Waals surface area (Å²) in [6, 6.07) is 1.51. The number of nitrogens with one attached hydrogen (secondary N) is 2. The molecule has 0 bridgehead atoms. The normalized spacial score (nSPS) is 10.1. The molecular weight excluding hydrogens is 199 g/mol. The highest BCUT2D eigenvalue weighted by atomic mass is 19.1. The molecule has 0 radical (unpaired) electrons. The second kappa shape index (κ2) is 5.33. The van der Waals surface area contributed by atoms with Gasteiger partial charge in [0.15, 0.2) is 0 Å². The summed E-state index contributed by atoms with van der Waals surface area (Å²) in [7, 11) is 1.84. The van der Waals surface area contributed by atoms with Crippen molar-refractivity contribution in [3.05, 3.63) is 17.5 Å². The van der Waals surface area contributed by atoms with Crippen LogP contribution in [0.5, 0.6) is 0 Å². The first-order valence-electron chi connectivity index (χ1n) is 4.70. The van der Waals surface area contributed by atoms with E-state index in [-0.39, 0.29) is 12.6 Å². The lowest BCUT2D eigenvalue weighted by atomic mass is 10.4. The van der Waals surface area contributed by atoms with Crippen LogP contribution in [-0.2, 0) is 13.6 Å². The highest BCUT2D eigenvalue weighted by Crippen LogP contribution is 1.99. The fraction of sp³-hybridized carbons (Fsp3) is 0.556. The number of urea groups is 1. The van der Waals surface area contributed by atoms with E-state index in [0.29, 0.717) is 6.54 Å². The quantitative estimate of drug-likeness (QED) is 0.766. The molecule has 0 atom stereocenters. The Kier molecular flexibility index (Phi) is 4.08. The van der Waals surface area contributed by atoms with Crippen LogP contribution in [0.25, 0.3) is 0 Å². The molecule has 5 nitrogen and oxygen atoms in total. The van der Waals surface area contributed by atoms with Gasteiger partial charge in [0.25, 0.3) is 0 Å². The van der Waals surface area contributed by atoms with Gasteiger partial charge in [-0.2, -0.15) is 5.10 Å². The number of halogens is 1. The minimum Gasteiger partial charge on any atom is -0.336 e. The maximum absolute atomic E-state index is 11.7. The van der Waals surface area contributed by atoms with Crippen LogP contribution in [0, 0.1) is 6.92 Å². The van der Waals surface area contributed by atoms with Gasteiger partial charge in [-0.3, -0.25) is 4.68 Å². The summed E-state index contributed by atoms with van der Waals surface area (Å²) >= 11 is 0. The molecule has 0 aliphatic rings. The number of hydrogen-bond acceptors (Lipinski definition) is 2. The maximum atomic E-state index is 11.7. The van der Waals surface area contributed by atoms with Crippen molar-refractivity contribution >= 4 is 6.03 Å². The second-order valence-corrected chi connectivity index (χ2v) is 3.20. The van der Waals surface area contributed by atoms with E-state index in [1.165, 1.54) is 0 Å². The third kappa shape index (κ3) is 3.57. The summed E-state index contributed by atoms with van der Waals surface area (Å²) in [4.78, 5) is 11.0. The minimum absolute atomic E-state index is 0.0348. The Morgan fingerprint density at radius 3 is 2.87 bits per heavy atom. The largest absolute Gasteiger partial charge is 0.336 e. The molecule has 15 heavy (non-hydrogen) atoms. The lowest BCUT2D eigenvalue weighted by Crippen LogP contribution is -2.36. The van der Waals surface area contributed by atoms with Crippen molar-refractivity contribution in [3.63, 3.8) is 0 Å². The molecule has 0 aromatic carbocycles. The zero-order chi connectivity index (χ0) is 11.3. The average Bonchev–Trinajstić information content (AvgIpc) is 2.52. The third-order valence-electron chi connectivity index (χ3n) is 1.97. The fourth-order valence-electron chi connectivity index (χ4n) is 1.12. The molecule has 6 heteroatoms. The van der Waals surface area contributed by atoms with E-state index in [1.807, 2.05) is 20.0 Å². The van der Waals surface area contributed by atoms with Gasteiger partial charge in [0, 0.05) is 19.3 Å². The molecule has 0 aliphatic heterocycles. The van der Waals surface area contributed by atoms with E-state index < -0.39 is 6.67 Å². The van der Waals surface area contributed by atoms with Crippen molar-refractivity contribution in [2.24, 2.45) is 7.05 Å². The first-order chi connectivity index (χ1) is 7.13. The van der Waals surface area contributed by atoms with Crippen molar-refractivity contribution in [2.75, 3.05) is 13.2 Å². The van der Waals surface area contributed by atoms with Crippen molar-refractivity contribution in [1.82, 2.24) is 20.4 Å². The van der Waals surface area contributed by atoms with Crippen LogP contribution in [0.4, 0.5) is 9.18 Å².